The van der Waals surface area contributed by atoms with Gasteiger partial charge in [-0.25, -0.2) is 18.3 Å². The van der Waals surface area contributed by atoms with Gasteiger partial charge in [0.05, 0.1) is 17.6 Å². The molecule has 1 N–H and O–H groups in total. The number of carbonyl (C=O) groups excluding carboxylic acids is 1. The molecule has 116 valence electrons. The first kappa shape index (κ1) is 13.8. The lowest BCUT2D eigenvalue weighted by Crippen LogP contribution is -2.16. The van der Waals surface area contributed by atoms with E-state index >= 15 is 0 Å². The summed E-state index contributed by atoms with van der Waals surface area (Å²) >= 11 is 0. The maximum atomic E-state index is 13.6. The van der Waals surface area contributed by atoms with Gasteiger partial charge in [-0.1, -0.05) is 0 Å². The molecule has 0 unspecified atom stereocenters. The summed E-state index contributed by atoms with van der Waals surface area (Å²) in [4.78, 5) is 16.6. The molecule has 0 aliphatic heterocycles. The summed E-state index contributed by atoms with van der Waals surface area (Å²) in [5.41, 5.74) is 1.49. The van der Waals surface area contributed by atoms with E-state index in [1.165, 1.54) is 10.6 Å². The first-order valence-electron chi connectivity index (χ1n) is 7.23. The number of imidazole rings is 1. The molecule has 5 nitrogen and oxygen atoms in total. The number of hydrogen-bond acceptors (Lipinski definition) is 3. The minimum Gasteiger partial charge on any atom is -0.318 e. The highest BCUT2D eigenvalue weighted by atomic mass is 19.1. The van der Waals surface area contributed by atoms with Gasteiger partial charge >= 0.3 is 0 Å². The molecule has 1 fully saturated rings. The second-order valence-corrected chi connectivity index (χ2v) is 5.54. The van der Waals surface area contributed by atoms with Gasteiger partial charge in [-0.15, -0.1) is 0 Å². The number of carbonyl (C=O) groups is 1. The third kappa shape index (κ3) is 2.65. The molecule has 4 rings (SSSR count). The van der Waals surface area contributed by atoms with Crippen molar-refractivity contribution in [1.29, 1.82) is 0 Å². The summed E-state index contributed by atoms with van der Waals surface area (Å²) in [5.74, 6) is -1.47. The van der Waals surface area contributed by atoms with E-state index in [9.17, 15) is 13.6 Å². The molecule has 7 heteroatoms. The second-order valence-electron chi connectivity index (χ2n) is 5.54. The lowest BCUT2D eigenvalue weighted by molar-refractivity contribution is 0.102. The van der Waals surface area contributed by atoms with Crippen molar-refractivity contribution in [2.45, 2.75) is 18.8 Å². The third-order valence-corrected chi connectivity index (χ3v) is 3.74. The normalized spacial score (nSPS) is 14.2. The largest absolute Gasteiger partial charge is 0.318 e. The van der Waals surface area contributed by atoms with Crippen LogP contribution in [0.5, 0.6) is 0 Å². The lowest BCUT2D eigenvalue weighted by Gasteiger charge is -2.06. The lowest BCUT2D eigenvalue weighted by atomic mass is 10.2. The van der Waals surface area contributed by atoms with E-state index in [4.69, 9.17) is 0 Å². The van der Waals surface area contributed by atoms with Crippen LogP contribution < -0.4 is 5.32 Å². The summed E-state index contributed by atoms with van der Waals surface area (Å²) in [7, 11) is 0. The number of aromatic nitrogens is 3. The maximum Gasteiger partial charge on any atom is 0.276 e. The fourth-order valence-electron chi connectivity index (χ4n) is 2.38. The van der Waals surface area contributed by atoms with E-state index in [0.29, 0.717) is 11.6 Å². The topological polar surface area (TPSA) is 59.3 Å². The highest BCUT2D eigenvalue weighted by molar-refractivity contribution is 6.02. The minimum absolute atomic E-state index is 0.0981. The van der Waals surface area contributed by atoms with Gasteiger partial charge < -0.3 is 5.32 Å². The van der Waals surface area contributed by atoms with E-state index in [1.54, 1.807) is 12.3 Å². The number of hydrogen-bond donors (Lipinski definition) is 1. The Balaban J connectivity index is 1.62. The van der Waals surface area contributed by atoms with Crippen molar-refractivity contribution in [1.82, 2.24) is 14.6 Å². The Hall–Kier alpha value is -2.83. The van der Waals surface area contributed by atoms with Gasteiger partial charge in [0, 0.05) is 12.0 Å². The highest BCUT2D eigenvalue weighted by Crippen LogP contribution is 2.39. The van der Waals surface area contributed by atoms with Crippen molar-refractivity contribution in [2.75, 3.05) is 5.32 Å². The Kier molecular flexibility index (Phi) is 3.07. The maximum absolute atomic E-state index is 13.6. The van der Waals surface area contributed by atoms with Gasteiger partial charge in [-0.3, -0.25) is 4.79 Å². The monoisotopic (exact) mass is 314 g/mol. The molecule has 1 aliphatic carbocycles. The molecule has 2 heterocycles. The Bertz CT molecular complexity index is 918. The minimum atomic E-state index is -0.709. The predicted octanol–water partition coefficient (Wildman–Crippen LogP) is 3.14. The van der Waals surface area contributed by atoms with Gasteiger partial charge in [0.1, 0.15) is 17.3 Å². The molecular weight excluding hydrogens is 302 g/mol. The van der Waals surface area contributed by atoms with Crippen LogP contribution in [0.2, 0.25) is 0 Å². The zero-order valence-electron chi connectivity index (χ0n) is 12.0. The van der Waals surface area contributed by atoms with E-state index in [1.807, 2.05) is 0 Å². The molecule has 1 amide bonds. The molecule has 1 aromatic carbocycles. The molecule has 1 saturated carbocycles. The van der Waals surface area contributed by atoms with Crippen LogP contribution in [0, 0.1) is 11.6 Å². The van der Waals surface area contributed by atoms with Gasteiger partial charge in [0.2, 0.25) is 0 Å². The quantitative estimate of drug-likeness (QED) is 0.808. The molecule has 0 spiro atoms. The summed E-state index contributed by atoms with van der Waals surface area (Å²) in [6.45, 7) is 0. The molecule has 0 bridgehead atoms. The van der Waals surface area contributed by atoms with Crippen molar-refractivity contribution in [3.63, 3.8) is 0 Å². The van der Waals surface area contributed by atoms with Crippen molar-refractivity contribution in [3.05, 3.63) is 59.6 Å². The molecule has 0 atom stereocenters. The fourth-order valence-corrected chi connectivity index (χ4v) is 2.38. The first-order chi connectivity index (χ1) is 11.1. The highest BCUT2D eigenvalue weighted by Gasteiger charge is 2.26. The van der Waals surface area contributed by atoms with Crippen molar-refractivity contribution in [3.8, 4) is 0 Å². The van der Waals surface area contributed by atoms with E-state index in [2.05, 4.69) is 15.4 Å². The van der Waals surface area contributed by atoms with Crippen LogP contribution >= 0.6 is 0 Å². The molecule has 1 aliphatic rings. The molecule has 0 saturated heterocycles. The fraction of sp³-hybridized carbons (Fsp3) is 0.188. The predicted molar refractivity (Wildman–Crippen MR) is 79.3 cm³/mol. The van der Waals surface area contributed by atoms with Crippen LogP contribution in [-0.4, -0.2) is 20.5 Å². The van der Waals surface area contributed by atoms with E-state index < -0.39 is 17.5 Å². The van der Waals surface area contributed by atoms with Crippen molar-refractivity contribution in [2.24, 2.45) is 0 Å². The molecule has 2 aromatic heterocycles. The Labute approximate surface area is 130 Å². The molecular formula is C16H12F2N4O. The van der Waals surface area contributed by atoms with Gasteiger partial charge in [-0.05, 0) is 37.1 Å². The van der Waals surface area contributed by atoms with E-state index in [0.717, 1.165) is 36.7 Å². The number of rotatable bonds is 3. The van der Waals surface area contributed by atoms with Gasteiger partial charge in [-0.2, -0.15) is 5.10 Å². The average molecular weight is 314 g/mol. The SMILES string of the molecule is O=C(Nc1cc(F)ccc1F)c1ccc2nc(C3CC3)cn2n1. The standard InChI is InChI=1S/C16H12F2N4O/c17-10-3-4-11(18)13(7-10)20-16(23)12-5-6-15-19-14(9-1-2-9)8-22(15)21-12/h3-9H,1-2H2,(H,20,23). The zero-order valence-corrected chi connectivity index (χ0v) is 12.0. The molecule has 0 radical (unpaired) electrons. The number of nitrogens with zero attached hydrogens (tertiary/aromatic N) is 3. The van der Waals surface area contributed by atoms with E-state index in [-0.39, 0.29) is 11.4 Å². The van der Waals surface area contributed by atoms with Crippen molar-refractivity contribution < 1.29 is 13.6 Å². The number of amides is 1. The number of nitrogens with one attached hydrogen (secondary N) is 1. The van der Waals surface area contributed by atoms with Crippen LogP contribution in [0.25, 0.3) is 5.65 Å². The summed E-state index contributed by atoms with van der Waals surface area (Å²) in [6, 6.07) is 6.05. The Morgan fingerprint density at radius 1 is 1.22 bits per heavy atom. The smallest absolute Gasteiger partial charge is 0.276 e. The number of halogens is 2. The average Bonchev–Trinajstić information content (AvgIpc) is 3.29. The number of fused-ring (bicyclic) bond motifs is 1. The zero-order chi connectivity index (χ0) is 16.0. The number of benzene rings is 1. The third-order valence-electron chi connectivity index (χ3n) is 3.74. The Morgan fingerprint density at radius 3 is 2.83 bits per heavy atom. The van der Waals surface area contributed by atoms with Crippen LogP contribution in [0.3, 0.4) is 0 Å². The van der Waals surface area contributed by atoms with Crippen molar-refractivity contribution >= 4 is 17.2 Å². The molecule has 23 heavy (non-hydrogen) atoms. The first-order valence-corrected chi connectivity index (χ1v) is 7.23. The second kappa shape index (κ2) is 5.12. The summed E-state index contributed by atoms with van der Waals surface area (Å²) < 4.78 is 28.3. The summed E-state index contributed by atoms with van der Waals surface area (Å²) in [6.07, 6.45) is 4.04. The Morgan fingerprint density at radius 2 is 2.04 bits per heavy atom. The molecule has 3 aromatic rings. The van der Waals surface area contributed by atoms with Gasteiger partial charge in [0.15, 0.2) is 5.65 Å². The van der Waals surface area contributed by atoms with Gasteiger partial charge in [0.25, 0.3) is 5.91 Å². The van der Waals surface area contributed by atoms with Crippen LogP contribution in [-0.2, 0) is 0 Å². The van der Waals surface area contributed by atoms with Crippen LogP contribution in [0.15, 0.2) is 36.5 Å². The van der Waals surface area contributed by atoms with Crippen LogP contribution in [0.4, 0.5) is 14.5 Å². The van der Waals surface area contributed by atoms with Crippen LogP contribution in [0.1, 0.15) is 34.9 Å². The summed E-state index contributed by atoms with van der Waals surface area (Å²) in [5, 5.41) is 6.50. The number of anilines is 1.